The van der Waals surface area contributed by atoms with Gasteiger partial charge in [-0.05, 0) is 110 Å². The summed E-state index contributed by atoms with van der Waals surface area (Å²) in [6.45, 7) is 7.75. The molecule has 2 aliphatic carbocycles. The first kappa shape index (κ1) is 47.3. The number of nitrogens with zero attached hydrogens (tertiary/aromatic N) is 8. The van der Waals surface area contributed by atoms with Crippen LogP contribution < -0.4 is 0 Å². The first-order chi connectivity index (χ1) is 34.0. The number of pyridine rings is 4. The molecule has 4 aliphatic rings. The lowest BCUT2D eigenvalue weighted by Crippen LogP contribution is -2.50. The zero-order valence-electron chi connectivity index (χ0n) is 39.5. The summed E-state index contributed by atoms with van der Waals surface area (Å²) in [6.07, 6.45) is 8.44. The molecule has 2 saturated heterocycles. The highest BCUT2D eigenvalue weighted by atomic mass is 35.5. The minimum absolute atomic E-state index is 0.0868. The van der Waals surface area contributed by atoms with E-state index in [1.54, 1.807) is 25.7 Å². The van der Waals surface area contributed by atoms with E-state index in [4.69, 9.17) is 47.6 Å². The lowest BCUT2D eigenvalue weighted by Gasteiger charge is -2.34. The van der Waals surface area contributed by atoms with Crippen LogP contribution in [0.2, 0.25) is 10.0 Å². The molecule has 3 atom stereocenters. The molecule has 0 saturated carbocycles. The second-order valence-electron chi connectivity index (χ2n) is 19.0. The molecule has 4 amide bonds. The summed E-state index contributed by atoms with van der Waals surface area (Å²) < 4.78 is 11.1. The van der Waals surface area contributed by atoms with Crippen molar-refractivity contribution in [2.75, 3.05) is 65.6 Å². The first-order valence-corrected chi connectivity index (χ1v) is 25.3. The van der Waals surface area contributed by atoms with Crippen molar-refractivity contribution in [2.24, 2.45) is 0 Å². The normalized spacial score (nSPS) is 18.6. The molecule has 10 rings (SSSR count). The maximum absolute atomic E-state index is 13.8. The van der Waals surface area contributed by atoms with Crippen LogP contribution in [0.4, 0.5) is 9.59 Å². The number of hydrogen-bond donors (Lipinski definition) is 0. The Kier molecular flexibility index (Phi) is 13.9. The topological polar surface area (TPSA) is 151 Å². The highest BCUT2D eigenvalue weighted by Crippen LogP contribution is 2.40. The number of amides is 4. The molecule has 6 aromatic rings. The van der Waals surface area contributed by atoms with E-state index in [0.717, 1.165) is 88.8 Å². The summed E-state index contributed by atoms with van der Waals surface area (Å²) in [7, 11) is 0. The van der Waals surface area contributed by atoms with E-state index in [-0.39, 0.29) is 42.3 Å². The van der Waals surface area contributed by atoms with Crippen LogP contribution in [-0.2, 0) is 35.2 Å². The maximum atomic E-state index is 13.8. The largest absolute Gasteiger partial charge is 0.449 e. The number of hydrogen-bond acceptors (Lipinski definition) is 10. The zero-order chi connectivity index (χ0) is 48.5. The van der Waals surface area contributed by atoms with Gasteiger partial charge in [0.25, 0.3) is 11.8 Å². The van der Waals surface area contributed by atoms with Gasteiger partial charge in [0.1, 0.15) is 0 Å². The molecule has 1 unspecified atom stereocenters. The smallest absolute Gasteiger partial charge is 0.409 e. The Morgan fingerprint density at radius 3 is 1.67 bits per heavy atom. The minimum atomic E-state index is -0.401. The molecule has 14 nitrogen and oxygen atoms in total. The van der Waals surface area contributed by atoms with Gasteiger partial charge in [-0.25, -0.2) is 9.59 Å². The van der Waals surface area contributed by atoms with Gasteiger partial charge in [0.15, 0.2) is 0 Å². The number of halogens is 2. The Morgan fingerprint density at radius 1 is 0.629 bits per heavy atom. The predicted molar refractivity (Wildman–Crippen MR) is 268 cm³/mol. The molecule has 16 heteroatoms. The van der Waals surface area contributed by atoms with Gasteiger partial charge < -0.3 is 29.1 Å². The van der Waals surface area contributed by atoms with Crippen LogP contribution in [0.5, 0.6) is 0 Å². The molecule has 70 heavy (non-hydrogen) atoms. The number of carbonyl (C=O) groups excluding carboxylic acids is 4. The standard InChI is InChI=1S/C54H56Cl2N8O6/c1-3-26-69-53(67)63-22-18-61(19-23-63)51(65)38-10-14-42-48(31-38)60-46-29-36(8-12-40(46)50(42)56)44-27-34(15-17-58-44)33(2)32-70-54(68)64-24-20-62(21-25-64)52(66)37-9-13-41-47(30-37)59-45-28-35(7-11-39(45)49(41)55)43-6-4-5-16-57-43/h4-6,9-10,13-17,27,30-31,33,35-36H,3,7-8,11-12,18-26,28-29,32H2,1-2H3/t33?,35-,36+/m0/s1. The quantitative estimate of drug-likeness (QED) is 0.137. The average Bonchev–Trinajstić information content (AvgIpc) is 3.41. The molecule has 2 aromatic carbocycles. The van der Waals surface area contributed by atoms with Gasteiger partial charge in [-0.2, -0.15) is 0 Å². The third-order valence-corrected chi connectivity index (χ3v) is 15.4. The van der Waals surface area contributed by atoms with Crippen molar-refractivity contribution in [3.63, 3.8) is 0 Å². The molecular formula is C54H56Cl2N8O6. The Hall–Kier alpha value is -6.38. The third-order valence-electron chi connectivity index (χ3n) is 14.5. The fraction of sp³-hybridized carbons (Fsp3) is 0.407. The average molecular weight is 984 g/mol. The predicted octanol–water partition coefficient (Wildman–Crippen LogP) is 9.43. The number of fused-ring (bicyclic) bond motifs is 4. The van der Waals surface area contributed by atoms with Crippen molar-refractivity contribution in [2.45, 2.75) is 76.5 Å². The lowest BCUT2D eigenvalue weighted by molar-refractivity contribution is 0.0550. The molecule has 0 radical (unpaired) electrons. The van der Waals surface area contributed by atoms with Gasteiger partial charge in [0.2, 0.25) is 0 Å². The maximum Gasteiger partial charge on any atom is 0.409 e. The Balaban J connectivity index is 0.725. The number of ether oxygens (including phenoxy) is 2. The summed E-state index contributed by atoms with van der Waals surface area (Å²) in [5.74, 6) is 0.0713. The van der Waals surface area contributed by atoms with E-state index >= 15 is 0 Å². The summed E-state index contributed by atoms with van der Waals surface area (Å²) in [4.78, 5) is 79.4. The van der Waals surface area contributed by atoms with Gasteiger partial charge >= 0.3 is 12.2 Å². The lowest BCUT2D eigenvalue weighted by atomic mass is 9.83. The molecule has 4 aromatic heterocycles. The summed E-state index contributed by atoms with van der Waals surface area (Å²) in [5.41, 5.74) is 9.45. The van der Waals surface area contributed by atoms with E-state index < -0.39 is 6.09 Å². The molecule has 0 spiro atoms. The Morgan fingerprint density at radius 2 is 1.14 bits per heavy atom. The van der Waals surface area contributed by atoms with E-state index in [1.807, 2.05) is 74.8 Å². The minimum Gasteiger partial charge on any atom is -0.449 e. The zero-order valence-corrected chi connectivity index (χ0v) is 41.1. The molecular weight excluding hydrogens is 928 g/mol. The monoisotopic (exact) mass is 982 g/mol. The van der Waals surface area contributed by atoms with E-state index in [1.165, 1.54) is 0 Å². The van der Waals surface area contributed by atoms with Crippen LogP contribution in [0.1, 0.15) is 111 Å². The fourth-order valence-electron chi connectivity index (χ4n) is 10.4. The van der Waals surface area contributed by atoms with Crippen molar-refractivity contribution >= 4 is 69.0 Å². The van der Waals surface area contributed by atoms with Crippen molar-refractivity contribution < 1.29 is 28.7 Å². The number of benzene rings is 2. The number of piperazine rings is 2. The van der Waals surface area contributed by atoms with Crippen molar-refractivity contribution in [1.82, 2.24) is 39.5 Å². The highest BCUT2D eigenvalue weighted by molar-refractivity contribution is 6.36. The number of aromatic nitrogens is 4. The molecule has 2 aliphatic heterocycles. The van der Waals surface area contributed by atoms with Crippen LogP contribution >= 0.6 is 23.2 Å². The van der Waals surface area contributed by atoms with E-state index in [2.05, 4.69) is 17.1 Å². The highest BCUT2D eigenvalue weighted by Gasteiger charge is 2.31. The van der Waals surface area contributed by atoms with Crippen molar-refractivity contribution in [3.05, 3.63) is 140 Å². The molecule has 0 bridgehead atoms. The van der Waals surface area contributed by atoms with Crippen LogP contribution in [0.3, 0.4) is 0 Å². The van der Waals surface area contributed by atoms with Crippen LogP contribution in [0.25, 0.3) is 21.8 Å². The summed E-state index contributed by atoms with van der Waals surface area (Å²) in [6, 6.07) is 21.1. The number of rotatable bonds is 9. The van der Waals surface area contributed by atoms with Gasteiger partial charge in [0.05, 0.1) is 34.3 Å². The number of carbonyl (C=O) groups is 4. The Bertz CT molecular complexity index is 2980. The second kappa shape index (κ2) is 20.5. The van der Waals surface area contributed by atoms with Crippen LogP contribution in [-0.4, -0.2) is 129 Å². The van der Waals surface area contributed by atoms with Gasteiger partial charge in [0, 0.05) is 127 Å². The van der Waals surface area contributed by atoms with Crippen LogP contribution in [0.15, 0.2) is 79.1 Å². The summed E-state index contributed by atoms with van der Waals surface area (Å²) in [5, 5.41) is 3.04. The molecule has 6 heterocycles. The molecule has 362 valence electrons. The Labute approximate surface area is 417 Å². The third kappa shape index (κ3) is 9.72. The SMILES string of the molecule is CCCOC(=O)N1CCN(C(=O)c2ccc3c(Cl)c4c(nc3c2)C[C@H](c2cc(C(C)COC(=O)N3CCN(C(=O)c5ccc6c(Cl)c7c(nc6c5)C[C@@H](c5ccccn5)CC7)CC3)ccn2)CC4)CC1. The van der Waals surface area contributed by atoms with Gasteiger partial charge in [-0.1, -0.05) is 55.2 Å². The van der Waals surface area contributed by atoms with E-state index in [0.29, 0.717) is 97.6 Å². The van der Waals surface area contributed by atoms with Crippen molar-refractivity contribution in [1.29, 1.82) is 0 Å². The molecule has 2 fully saturated rings. The molecule has 0 N–H and O–H groups in total. The van der Waals surface area contributed by atoms with Crippen LogP contribution in [0, 0.1) is 0 Å². The summed E-state index contributed by atoms with van der Waals surface area (Å²) >= 11 is 14.0. The first-order valence-electron chi connectivity index (χ1n) is 24.5. The van der Waals surface area contributed by atoms with Crippen molar-refractivity contribution in [3.8, 4) is 0 Å². The second-order valence-corrected chi connectivity index (χ2v) is 19.7. The van der Waals surface area contributed by atoms with Gasteiger partial charge in [-0.3, -0.25) is 29.5 Å². The van der Waals surface area contributed by atoms with Gasteiger partial charge in [-0.15, -0.1) is 0 Å². The van der Waals surface area contributed by atoms with E-state index in [9.17, 15) is 19.2 Å². The fourth-order valence-corrected chi connectivity index (χ4v) is 11.1.